The third-order valence-electron chi connectivity index (χ3n) is 3.79. The molecule has 0 aliphatic carbocycles. The van der Waals surface area contributed by atoms with Crippen LogP contribution in [-0.2, 0) is 13.0 Å². The Bertz CT molecular complexity index is 708. The summed E-state index contributed by atoms with van der Waals surface area (Å²) in [6.07, 6.45) is 4.78. The first-order valence-corrected chi connectivity index (χ1v) is 8.84. The van der Waals surface area contributed by atoms with E-state index >= 15 is 0 Å². The molecule has 27 heavy (non-hydrogen) atoms. The molecule has 0 aliphatic heterocycles. The first kappa shape index (κ1) is 22.8. The summed E-state index contributed by atoms with van der Waals surface area (Å²) >= 11 is 0. The molecular weight excluding hydrogens is 457 g/mol. The highest BCUT2D eigenvalue weighted by Crippen LogP contribution is 2.12. The van der Waals surface area contributed by atoms with Gasteiger partial charge < -0.3 is 10.6 Å². The molecule has 0 fully saturated rings. The average molecular weight is 483 g/mol. The molecule has 2 rings (SSSR count). The van der Waals surface area contributed by atoms with E-state index in [1.807, 2.05) is 18.2 Å². The molecular formula is C19H26IN5O2. The molecule has 0 atom stereocenters. The number of rotatable bonds is 9. The van der Waals surface area contributed by atoms with Crippen molar-refractivity contribution in [2.24, 2.45) is 4.99 Å². The zero-order chi connectivity index (χ0) is 18.6. The fraction of sp³-hybridized carbons (Fsp3) is 0.368. The van der Waals surface area contributed by atoms with Gasteiger partial charge >= 0.3 is 0 Å². The van der Waals surface area contributed by atoms with Crippen LogP contribution in [0.3, 0.4) is 0 Å². The Morgan fingerprint density at radius 1 is 1.15 bits per heavy atom. The molecule has 2 N–H and O–H groups in total. The highest BCUT2D eigenvalue weighted by atomic mass is 127. The van der Waals surface area contributed by atoms with E-state index in [0.29, 0.717) is 6.54 Å². The number of aliphatic imine (C=N–C) groups is 1. The van der Waals surface area contributed by atoms with Crippen LogP contribution in [0.2, 0.25) is 0 Å². The fourth-order valence-electron chi connectivity index (χ4n) is 2.31. The fourth-order valence-corrected chi connectivity index (χ4v) is 2.31. The SMILES string of the molecule is CCCCNC(=NCc1ccc([N+](=O)[O-])cc1)NCCc1ccccn1.I. The van der Waals surface area contributed by atoms with Crippen LogP contribution in [0.1, 0.15) is 31.0 Å². The normalized spacial score (nSPS) is 10.8. The van der Waals surface area contributed by atoms with E-state index in [2.05, 4.69) is 27.5 Å². The molecule has 8 heteroatoms. The average Bonchev–Trinajstić information content (AvgIpc) is 2.67. The number of halogens is 1. The quantitative estimate of drug-likeness (QED) is 0.142. The number of nitro groups is 1. The van der Waals surface area contributed by atoms with E-state index in [1.54, 1.807) is 18.3 Å². The Balaban J connectivity index is 0.00000364. The lowest BCUT2D eigenvalue weighted by molar-refractivity contribution is -0.384. The Labute approximate surface area is 176 Å². The summed E-state index contributed by atoms with van der Waals surface area (Å²) in [5.74, 6) is 0.743. The Hall–Kier alpha value is -2.23. The molecule has 1 aromatic heterocycles. The van der Waals surface area contributed by atoms with Gasteiger partial charge in [-0.15, -0.1) is 24.0 Å². The number of aromatic nitrogens is 1. The number of non-ortho nitro benzene ring substituents is 1. The number of pyridine rings is 1. The standard InChI is InChI=1S/C19H25N5O2.HI/c1-2-3-12-21-19(22-14-11-17-6-4-5-13-20-17)23-15-16-7-9-18(10-8-16)24(25)26;/h4-10,13H,2-3,11-12,14-15H2,1H3,(H2,21,22,23);1H. The molecule has 0 unspecified atom stereocenters. The second-order valence-corrected chi connectivity index (χ2v) is 5.87. The largest absolute Gasteiger partial charge is 0.356 e. The Kier molecular flexibility index (Phi) is 11.0. The van der Waals surface area contributed by atoms with Crippen LogP contribution >= 0.6 is 24.0 Å². The number of unbranched alkanes of at least 4 members (excludes halogenated alkanes) is 1. The maximum atomic E-state index is 10.7. The van der Waals surface area contributed by atoms with Crippen LogP contribution in [0, 0.1) is 10.1 Å². The van der Waals surface area contributed by atoms with Gasteiger partial charge in [0.2, 0.25) is 0 Å². The summed E-state index contributed by atoms with van der Waals surface area (Å²) in [5.41, 5.74) is 2.05. The number of nitrogens with one attached hydrogen (secondary N) is 2. The van der Waals surface area contributed by atoms with Gasteiger partial charge in [-0.2, -0.15) is 0 Å². The number of benzene rings is 1. The third kappa shape index (κ3) is 8.80. The van der Waals surface area contributed by atoms with Crippen molar-refractivity contribution in [3.63, 3.8) is 0 Å². The maximum absolute atomic E-state index is 10.7. The molecule has 0 saturated heterocycles. The molecule has 2 aromatic rings. The monoisotopic (exact) mass is 483 g/mol. The zero-order valence-electron chi connectivity index (χ0n) is 15.4. The van der Waals surface area contributed by atoms with Gasteiger partial charge in [-0.05, 0) is 24.1 Å². The van der Waals surface area contributed by atoms with Gasteiger partial charge in [0, 0.05) is 43.5 Å². The minimum atomic E-state index is -0.399. The molecule has 0 saturated carbocycles. The van der Waals surface area contributed by atoms with E-state index in [1.165, 1.54) is 12.1 Å². The lowest BCUT2D eigenvalue weighted by atomic mass is 10.2. The van der Waals surface area contributed by atoms with Crippen LogP contribution in [0.25, 0.3) is 0 Å². The van der Waals surface area contributed by atoms with Crippen molar-refractivity contribution >= 4 is 35.6 Å². The van der Waals surface area contributed by atoms with E-state index in [-0.39, 0.29) is 29.7 Å². The summed E-state index contributed by atoms with van der Waals surface area (Å²) in [7, 11) is 0. The smallest absolute Gasteiger partial charge is 0.269 e. The van der Waals surface area contributed by atoms with Gasteiger partial charge in [0.1, 0.15) is 0 Å². The Morgan fingerprint density at radius 2 is 1.89 bits per heavy atom. The van der Waals surface area contributed by atoms with Crippen molar-refractivity contribution in [1.29, 1.82) is 0 Å². The van der Waals surface area contributed by atoms with Gasteiger partial charge in [0.25, 0.3) is 5.69 Å². The second-order valence-electron chi connectivity index (χ2n) is 5.87. The molecule has 0 aliphatic rings. The van der Waals surface area contributed by atoms with Crippen LogP contribution < -0.4 is 10.6 Å². The third-order valence-corrected chi connectivity index (χ3v) is 3.79. The van der Waals surface area contributed by atoms with Gasteiger partial charge in [0.15, 0.2) is 5.96 Å². The first-order valence-electron chi connectivity index (χ1n) is 8.84. The van der Waals surface area contributed by atoms with Gasteiger partial charge in [-0.1, -0.05) is 31.5 Å². The summed E-state index contributed by atoms with van der Waals surface area (Å²) in [6.45, 7) is 4.19. The predicted molar refractivity (Wildman–Crippen MR) is 119 cm³/mol. The summed E-state index contributed by atoms with van der Waals surface area (Å²) < 4.78 is 0. The topological polar surface area (TPSA) is 92.5 Å². The summed E-state index contributed by atoms with van der Waals surface area (Å²) in [6, 6.07) is 12.4. The van der Waals surface area contributed by atoms with Gasteiger partial charge in [-0.25, -0.2) is 4.99 Å². The van der Waals surface area contributed by atoms with Crippen LogP contribution in [-0.4, -0.2) is 29.0 Å². The number of hydrogen-bond donors (Lipinski definition) is 2. The second kappa shape index (κ2) is 13.0. The summed E-state index contributed by atoms with van der Waals surface area (Å²) in [4.78, 5) is 19.2. The van der Waals surface area contributed by atoms with Gasteiger partial charge in [0.05, 0.1) is 11.5 Å². The number of hydrogen-bond acceptors (Lipinski definition) is 4. The van der Waals surface area contributed by atoms with E-state index in [0.717, 1.165) is 49.6 Å². The molecule has 0 spiro atoms. The van der Waals surface area contributed by atoms with Crippen molar-refractivity contribution in [2.75, 3.05) is 13.1 Å². The molecule has 1 heterocycles. The minimum absolute atomic E-state index is 0. The van der Waals surface area contributed by atoms with Crippen molar-refractivity contribution in [3.8, 4) is 0 Å². The Morgan fingerprint density at radius 3 is 2.52 bits per heavy atom. The van der Waals surface area contributed by atoms with Crippen LogP contribution in [0.4, 0.5) is 5.69 Å². The molecule has 0 amide bonds. The van der Waals surface area contributed by atoms with Crippen LogP contribution in [0.5, 0.6) is 0 Å². The molecule has 146 valence electrons. The van der Waals surface area contributed by atoms with Crippen molar-refractivity contribution in [1.82, 2.24) is 15.6 Å². The van der Waals surface area contributed by atoms with E-state index in [4.69, 9.17) is 0 Å². The lowest BCUT2D eigenvalue weighted by Gasteiger charge is -2.12. The highest BCUT2D eigenvalue weighted by Gasteiger charge is 2.04. The van der Waals surface area contributed by atoms with Gasteiger partial charge in [-0.3, -0.25) is 15.1 Å². The number of guanidine groups is 1. The van der Waals surface area contributed by atoms with E-state index < -0.39 is 4.92 Å². The molecule has 1 aromatic carbocycles. The summed E-state index contributed by atoms with van der Waals surface area (Å²) in [5, 5.41) is 17.3. The number of nitrogens with zero attached hydrogens (tertiary/aromatic N) is 3. The first-order chi connectivity index (χ1) is 12.7. The lowest BCUT2D eigenvalue weighted by Crippen LogP contribution is -2.39. The maximum Gasteiger partial charge on any atom is 0.269 e. The van der Waals surface area contributed by atoms with Crippen molar-refractivity contribution < 1.29 is 4.92 Å². The molecule has 0 radical (unpaired) electrons. The molecule has 0 bridgehead atoms. The van der Waals surface area contributed by atoms with Crippen molar-refractivity contribution in [3.05, 3.63) is 70.0 Å². The molecule has 7 nitrogen and oxygen atoms in total. The number of nitro benzene ring substituents is 1. The zero-order valence-corrected chi connectivity index (χ0v) is 17.8. The van der Waals surface area contributed by atoms with Crippen molar-refractivity contribution in [2.45, 2.75) is 32.7 Å². The predicted octanol–water partition coefficient (Wildman–Crippen LogP) is 3.69. The highest BCUT2D eigenvalue weighted by molar-refractivity contribution is 14.0. The van der Waals surface area contributed by atoms with E-state index in [9.17, 15) is 10.1 Å². The minimum Gasteiger partial charge on any atom is -0.356 e. The van der Waals surface area contributed by atoms with Crippen LogP contribution in [0.15, 0.2) is 53.7 Å².